The number of rotatable bonds is 6. The molecule has 0 bridgehead atoms. The first-order chi connectivity index (χ1) is 13.0. The van der Waals surface area contributed by atoms with Gasteiger partial charge in [-0.1, -0.05) is 43.4 Å². The molecule has 1 heterocycles. The zero-order valence-corrected chi connectivity index (χ0v) is 16.9. The van der Waals surface area contributed by atoms with Gasteiger partial charge in [0.25, 0.3) is 0 Å². The molecule has 1 atom stereocenters. The van der Waals surface area contributed by atoms with E-state index in [9.17, 15) is 9.00 Å². The predicted molar refractivity (Wildman–Crippen MR) is 108 cm³/mol. The summed E-state index contributed by atoms with van der Waals surface area (Å²) in [6.07, 6.45) is 6.86. The van der Waals surface area contributed by atoms with E-state index in [4.69, 9.17) is 4.42 Å². The smallest absolute Gasteiger partial charge is 0.232 e. The Kier molecular flexibility index (Phi) is 6.83. The lowest BCUT2D eigenvalue weighted by molar-refractivity contribution is -0.119. The number of amides is 1. The van der Waals surface area contributed by atoms with E-state index in [-0.39, 0.29) is 23.5 Å². The fourth-order valence-electron chi connectivity index (χ4n) is 3.51. The van der Waals surface area contributed by atoms with Crippen LogP contribution in [0.25, 0.3) is 11.5 Å². The summed E-state index contributed by atoms with van der Waals surface area (Å²) in [5, 5.41) is 3.05. The molecule has 1 N–H and O–H groups in total. The molecule has 1 fully saturated rings. The van der Waals surface area contributed by atoms with E-state index >= 15 is 0 Å². The van der Waals surface area contributed by atoms with Crippen LogP contribution in [0.4, 0.5) is 0 Å². The monoisotopic (exact) mass is 388 g/mol. The van der Waals surface area contributed by atoms with Crippen molar-refractivity contribution in [2.45, 2.75) is 64.2 Å². The molecule has 0 unspecified atom stereocenters. The maximum Gasteiger partial charge on any atom is 0.232 e. The van der Waals surface area contributed by atoms with Crippen LogP contribution in [0.1, 0.15) is 55.5 Å². The third kappa shape index (κ3) is 5.76. The molecule has 1 amide bonds. The molecule has 1 aliphatic rings. The second-order valence-electron chi connectivity index (χ2n) is 7.38. The van der Waals surface area contributed by atoms with Crippen molar-refractivity contribution >= 4 is 16.7 Å². The molecule has 1 aromatic heterocycles. The second-order valence-corrected chi connectivity index (χ2v) is 8.83. The fraction of sp³-hybridized carbons (Fsp3) is 0.524. The standard InChI is InChI=1S/C21H28N2O3S/c1-15-8-7-9-17(12-15)21-23-19(16(2)26-21)13-27(25)14-20(24)22-18-10-5-3-4-6-11-18/h7-9,12,18H,3-6,10-11,13-14H2,1-2H3,(H,22,24)/t27-/m1/s1. The molecule has 146 valence electrons. The minimum atomic E-state index is -1.30. The molecule has 1 saturated carbocycles. The molecular weight excluding hydrogens is 360 g/mol. The van der Waals surface area contributed by atoms with Gasteiger partial charge in [0, 0.05) is 22.4 Å². The number of oxazole rings is 1. The van der Waals surface area contributed by atoms with Gasteiger partial charge in [0.1, 0.15) is 11.5 Å². The van der Waals surface area contributed by atoms with Crippen LogP contribution in [-0.4, -0.2) is 26.9 Å². The normalized spacial score (nSPS) is 16.7. The highest BCUT2D eigenvalue weighted by Crippen LogP contribution is 2.23. The Morgan fingerprint density at radius 2 is 1.96 bits per heavy atom. The maximum absolute atomic E-state index is 12.5. The molecule has 27 heavy (non-hydrogen) atoms. The number of carbonyl (C=O) groups is 1. The first-order valence-electron chi connectivity index (χ1n) is 9.69. The largest absolute Gasteiger partial charge is 0.441 e. The highest BCUT2D eigenvalue weighted by molar-refractivity contribution is 7.84. The zero-order valence-electron chi connectivity index (χ0n) is 16.1. The van der Waals surface area contributed by atoms with Crippen LogP contribution in [0, 0.1) is 13.8 Å². The first kappa shape index (κ1) is 19.8. The quantitative estimate of drug-likeness (QED) is 0.758. The van der Waals surface area contributed by atoms with Crippen molar-refractivity contribution in [2.75, 3.05) is 5.75 Å². The minimum absolute atomic E-state index is 0.0164. The van der Waals surface area contributed by atoms with Gasteiger partial charge in [-0.15, -0.1) is 0 Å². The van der Waals surface area contributed by atoms with Gasteiger partial charge in [-0.05, 0) is 38.8 Å². The lowest BCUT2D eigenvalue weighted by Crippen LogP contribution is -2.37. The summed E-state index contributed by atoms with van der Waals surface area (Å²) in [5.41, 5.74) is 2.69. The Bertz CT molecular complexity index is 808. The van der Waals surface area contributed by atoms with E-state index in [1.807, 2.05) is 38.1 Å². The molecule has 0 saturated heterocycles. The summed E-state index contributed by atoms with van der Waals surface area (Å²) in [4.78, 5) is 16.7. The van der Waals surface area contributed by atoms with E-state index in [1.165, 1.54) is 12.8 Å². The van der Waals surface area contributed by atoms with Gasteiger partial charge >= 0.3 is 0 Å². The Balaban J connectivity index is 1.56. The summed E-state index contributed by atoms with van der Waals surface area (Å²) in [6, 6.07) is 8.16. The lowest BCUT2D eigenvalue weighted by atomic mass is 10.1. The Morgan fingerprint density at radius 3 is 2.67 bits per heavy atom. The van der Waals surface area contributed by atoms with Crippen LogP contribution >= 0.6 is 0 Å². The fourth-order valence-corrected chi connectivity index (χ4v) is 4.56. The van der Waals surface area contributed by atoms with Crippen molar-refractivity contribution < 1.29 is 13.4 Å². The van der Waals surface area contributed by atoms with Gasteiger partial charge < -0.3 is 9.73 Å². The van der Waals surface area contributed by atoms with Crippen LogP contribution in [0.5, 0.6) is 0 Å². The molecular formula is C21H28N2O3S. The van der Waals surface area contributed by atoms with Crippen molar-refractivity contribution in [2.24, 2.45) is 0 Å². The molecule has 0 aliphatic heterocycles. The average Bonchev–Trinajstić information content (AvgIpc) is 2.81. The number of hydrogen-bond donors (Lipinski definition) is 1. The molecule has 3 rings (SSSR count). The van der Waals surface area contributed by atoms with Crippen LogP contribution in [0.15, 0.2) is 28.7 Å². The SMILES string of the molecule is Cc1cccc(-c2nc(C[S@@](=O)CC(=O)NC3CCCCCC3)c(C)o2)c1. The summed E-state index contributed by atoms with van der Waals surface area (Å²) in [5.74, 6) is 1.32. The highest BCUT2D eigenvalue weighted by atomic mass is 32.2. The predicted octanol–water partition coefficient (Wildman–Crippen LogP) is 4.05. The average molecular weight is 389 g/mol. The van der Waals surface area contributed by atoms with Gasteiger partial charge in [0.15, 0.2) is 0 Å². The third-order valence-corrected chi connectivity index (χ3v) is 6.15. The van der Waals surface area contributed by atoms with Crippen molar-refractivity contribution in [3.8, 4) is 11.5 Å². The van der Waals surface area contributed by atoms with Crippen molar-refractivity contribution in [3.63, 3.8) is 0 Å². The summed E-state index contributed by atoms with van der Waals surface area (Å²) >= 11 is 0. The van der Waals surface area contributed by atoms with Gasteiger partial charge in [0.05, 0.1) is 11.4 Å². The molecule has 6 heteroatoms. The summed E-state index contributed by atoms with van der Waals surface area (Å²) < 4.78 is 18.2. The summed E-state index contributed by atoms with van der Waals surface area (Å²) in [6.45, 7) is 3.84. The lowest BCUT2D eigenvalue weighted by Gasteiger charge is -2.15. The van der Waals surface area contributed by atoms with E-state index in [0.29, 0.717) is 17.3 Å². The van der Waals surface area contributed by atoms with Crippen molar-refractivity contribution in [1.82, 2.24) is 10.3 Å². The highest BCUT2D eigenvalue weighted by Gasteiger charge is 2.19. The third-order valence-electron chi connectivity index (χ3n) is 4.97. The number of aromatic nitrogens is 1. The molecule has 5 nitrogen and oxygen atoms in total. The second kappa shape index (κ2) is 9.31. The Morgan fingerprint density at radius 1 is 1.22 bits per heavy atom. The van der Waals surface area contributed by atoms with Crippen LogP contribution in [-0.2, 0) is 21.3 Å². The Labute approximate surface area is 163 Å². The molecule has 0 spiro atoms. The topological polar surface area (TPSA) is 72.2 Å². The van der Waals surface area contributed by atoms with Gasteiger partial charge in [-0.2, -0.15) is 0 Å². The minimum Gasteiger partial charge on any atom is -0.441 e. The number of hydrogen-bond acceptors (Lipinski definition) is 4. The van der Waals surface area contributed by atoms with Crippen LogP contribution in [0.3, 0.4) is 0 Å². The van der Waals surface area contributed by atoms with E-state index in [1.54, 1.807) is 0 Å². The number of carbonyl (C=O) groups excluding carboxylic acids is 1. The van der Waals surface area contributed by atoms with E-state index in [0.717, 1.165) is 36.8 Å². The number of nitrogens with zero attached hydrogens (tertiary/aromatic N) is 1. The van der Waals surface area contributed by atoms with Crippen molar-refractivity contribution in [3.05, 3.63) is 41.3 Å². The Hall–Kier alpha value is -1.95. The first-order valence-corrected chi connectivity index (χ1v) is 11.2. The van der Waals surface area contributed by atoms with Gasteiger partial charge in [-0.3, -0.25) is 9.00 Å². The molecule has 0 radical (unpaired) electrons. The molecule has 1 aromatic carbocycles. The van der Waals surface area contributed by atoms with E-state index in [2.05, 4.69) is 10.3 Å². The van der Waals surface area contributed by atoms with Gasteiger partial charge in [0.2, 0.25) is 11.8 Å². The zero-order chi connectivity index (χ0) is 19.2. The number of nitrogens with one attached hydrogen (secondary N) is 1. The number of aryl methyl sites for hydroxylation is 2. The molecule has 2 aromatic rings. The van der Waals surface area contributed by atoms with Gasteiger partial charge in [-0.25, -0.2) is 4.98 Å². The van der Waals surface area contributed by atoms with Crippen LogP contribution < -0.4 is 5.32 Å². The van der Waals surface area contributed by atoms with E-state index < -0.39 is 10.8 Å². The van der Waals surface area contributed by atoms with Crippen LogP contribution in [0.2, 0.25) is 0 Å². The molecule has 1 aliphatic carbocycles. The summed E-state index contributed by atoms with van der Waals surface area (Å²) in [7, 11) is -1.30. The maximum atomic E-state index is 12.5. The van der Waals surface area contributed by atoms with Crippen molar-refractivity contribution in [1.29, 1.82) is 0 Å². The number of benzene rings is 1.